The van der Waals surface area contributed by atoms with Gasteiger partial charge in [-0.25, -0.2) is 0 Å². The summed E-state index contributed by atoms with van der Waals surface area (Å²) in [5, 5.41) is 0. The lowest BCUT2D eigenvalue weighted by atomic mass is 9.94. The summed E-state index contributed by atoms with van der Waals surface area (Å²) in [7, 11) is 3.82. The van der Waals surface area contributed by atoms with Crippen LogP contribution in [0.2, 0.25) is 0 Å². The normalized spacial score (nSPS) is 14.4. The van der Waals surface area contributed by atoms with E-state index in [1.54, 1.807) is 7.11 Å². The second kappa shape index (κ2) is 6.03. The first-order chi connectivity index (χ1) is 8.11. The molecule has 0 saturated carbocycles. The van der Waals surface area contributed by atoms with Crippen molar-refractivity contribution in [2.24, 2.45) is 5.73 Å². The van der Waals surface area contributed by atoms with Gasteiger partial charge in [0.2, 0.25) is 0 Å². The number of hydrogen-bond donors (Lipinski definition) is 1. The summed E-state index contributed by atoms with van der Waals surface area (Å²) >= 11 is 0. The van der Waals surface area contributed by atoms with E-state index in [-0.39, 0.29) is 5.54 Å². The highest BCUT2D eigenvalue weighted by atomic mass is 16.5. The molecule has 96 valence electrons. The number of ether oxygens (including phenoxy) is 1. The number of likely N-dealkylation sites (N-methyl/N-ethyl adjacent to an activating group) is 1. The van der Waals surface area contributed by atoms with Crippen molar-refractivity contribution in [3.8, 4) is 0 Å². The van der Waals surface area contributed by atoms with Gasteiger partial charge in [-0.3, -0.25) is 0 Å². The fraction of sp³-hybridized carbons (Fsp3) is 0.571. The molecule has 3 heteroatoms. The lowest BCUT2D eigenvalue weighted by Crippen LogP contribution is -2.55. The molecule has 1 aromatic rings. The number of rotatable bonds is 6. The maximum absolute atomic E-state index is 5.97. The van der Waals surface area contributed by atoms with E-state index in [0.717, 1.165) is 6.42 Å². The molecule has 1 atom stereocenters. The molecule has 0 aromatic heterocycles. The molecular formula is C14H24N2O. The van der Waals surface area contributed by atoms with Crippen molar-refractivity contribution in [3.63, 3.8) is 0 Å². The molecule has 0 heterocycles. The summed E-state index contributed by atoms with van der Waals surface area (Å²) in [6, 6.07) is 8.36. The first kappa shape index (κ1) is 14.0. The molecule has 2 N–H and O–H groups in total. The minimum absolute atomic E-state index is 0.124. The fourth-order valence-corrected chi connectivity index (χ4v) is 2.24. The number of anilines is 1. The van der Waals surface area contributed by atoms with Crippen LogP contribution in [0, 0.1) is 6.92 Å². The zero-order chi connectivity index (χ0) is 12.9. The second-order valence-corrected chi connectivity index (χ2v) is 4.56. The van der Waals surface area contributed by atoms with E-state index in [1.165, 1.54) is 11.3 Å². The lowest BCUT2D eigenvalue weighted by Gasteiger charge is -2.42. The third kappa shape index (κ3) is 2.79. The topological polar surface area (TPSA) is 38.5 Å². The number of aryl methyl sites for hydroxylation is 1. The Balaban J connectivity index is 3.07. The maximum atomic E-state index is 5.97. The minimum Gasteiger partial charge on any atom is -0.382 e. The molecule has 0 fully saturated rings. The number of benzene rings is 1. The third-order valence-corrected chi connectivity index (χ3v) is 3.64. The van der Waals surface area contributed by atoms with Crippen LogP contribution in [0.15, 0.2) is 24.3 Å². The quantitative estimate of drug-likeness (QED) is 0.823. The van der Waals surface area contributed by atoms with Crippen LogP contribution in [0.4, 0.5) is 5.69 Å². The molecule has 0 saturated heterocycles. The van der Waals surface area contributed by atoms with E-state index in [0.29, 0.717) is 13.2 Å². The summed E-state index contributed by atoms with van der Waals surface area (Å²) in [6.07, 6.45) is 0.960. The van der Waals surface area contributed by atoms with Gasteiger partial charge in [0.15, 0.2) is 0 Å². The molecule has 0 aliphatic carbocycles. The average molecular weight is 236 g/mol. The molecule has 1 unspecified atom stereocenters. The summed E-state index contributed by atoms with van der Waals surface area (Å²) in [4.78, 5) is 2.26. The third-order valence-electron chi connectivity index (χ3n) is 3.64. The monoisotopic (exact) mass is 236 g/mol. The highest BCUT2D eigenvalue weighted by Crippen LogP contribution is 2.27. The summed E-state index contributed by atoms with van der Waals surface area (Å²) < 4.78 is 5.35. The van der Waals surface area contributed by atoms with Gasteiger partial charge in [-0.2, -0.15) is 0 Å². The Morgan fingerprint density at radius 3 is 2.47 bits per heavy atom. The number of para-hydroxylation sites is 1. The van der Waals surface area contributed by atoms with Crippen LogP contribution in [0.1, 0.15) is 18.9 Å². The lowest BCUT2D eigenvalue weighted by molar-refractivity contribution is 0.130. The van der Waals surface area contributed by atoms with E-state index in [9.17, 15) is 0 Å². The minimum atomic E-state index is -0.124. The van der Waals surface area contributed by atoms with Crippen LogP contribution >= 0.6 is 0 Å². The predicted octanol–water partition coefficient (Wildman–Crippen LogP) is 2.19. The zero-order valence-electron chi connectivity index (χ0n) is 11.4. The number of nitrogens with zero attached hydrogens (tertiary/aromatic N) is 1. The van der Waals surface area contributed by atoms with Gasteiger partial charge in [0.1, 0.15) is 0 Å². The van der Waals surface area contributed by atoms with Crippen molar-refractivity contribution in [3.05, 3.63) is 29.8 Å². The van der Waals surface area contributed by atoms with Crippen LogP contribution in [0.3, 0.4) is 0 Å². The van der Waals surface area contributed by atoms with Crippen molar-refractivity contribution in [2.45, 2.75) is 25.8 Å². The Kier molecular flexibility index (Phi) is 4.97. The van der Waals surface area contributed by atoms with Crippen molar-refractivity contribution in [2.75, 3.05) is 32.2 Å². The van der Waals surface area contributed by atoms with Gasteiger partial charge >= 0.3 is 0 Å². The van der Waals surface area contributed by atoms with Gasteiger partial charge in [0, 0.05) is 26.4 Å². The Labute approximate surface area is 105 Å². The van der Waals surface area contributed by atoms with E-state index in [2.05, 4.69) is 50.1 Å². The summed E-state index contributed by atoms with van der Waals surface area (Å²) in [6.45, 7) is 5.50. The van der Waals surface area contributed by atoms with E-state index >= 15 is 0 Å². The number of methoxy groups -OCH3 is 1. The Morgan fingerprint density at radius 1 is 1.35 bits per heavy atom. The van der Waals surface area contributed by atoms with Gasteiger partial charge in [-0.15, -0.1) is 0 Å². The van der Waals surface area contributed by atoms with Gasteiger partial charge in [0.05, 0.1) is 12.1 Å². The van der Waals surface area contributed by atoms with Crippen molar-refractivity contribution in [1.82, 2.24) is 0 Å². The van der Waals surface area contributed by atoms with Crippen molar-refractivity contribution >= 4 is 5.69 Å². The summed E-state index contributed by atoms with van der Waals surface area (Å²) in [5.41, 5.74) is 8.33. The second-order valence-electron chi connectivity index (χ2n) is 4.56. The first-order valence-corrected chi connectivity index (χ1v) is 6.09. The fourth-order valence-electron chi connectivity index (χ4n) is 2.24. The Morgan fingerprint density at radius 2 is 2.00 bits per heavy atom. The SMILES string of the molecule is CCC(CN)(COC)N(C)c1ccccc1C. The first-order valence-electron chi connectivity index (χ1n) is 6.09. The molecule has 0 spiro atoms. The van der Waals surface area contributed by atoms with Crippen LogP contribution in [-0.2, 0) is 4.74 Å². The smallest absolute Gasteiger partial charge is 0.0750 e. The molecule has 0 aliphatic rings. The van der Waals surface area contributed by atoms with Crippen LogP contribution < -0.4 is 10.6 Å². The van der Waals surface area contributed by atoms with Gasteiger partial charge in [-0.1, -0.05) is 25.1 Å². The highest BCUT2D eigenvalue weighted by molar-refractivity contribution is 5.54. The highest BCUT2D eigenvalue weighted by Gasteiger charge is 2.32. The molecule has 0 amide bonds. The average Bonchev–Trinajstić information content (AvgIpc) is 2.36. The molecule has 3 nitrogen and oxygen atoms in total. The molecule has 0 radical (unpaired) electrons. The van der Waals surface area contributed by atoms with Gasteiger partial charge in [-0.05, 0) is 25.0 Å². The predicted molar refractivity (Wildman–Crippen MR) is 73.5 cm³/mol. The van der Waals surface area contributed by atoms with Crippen LogP contribution in [0.25, 0.3) is 0 Å². The largest absolute Gasteiger partial charge is 0.382 e. The summed E-state index contributed by atoms with van der Waals surface area (Å²) in [5.74, 6) is 0. The van der Waals surface area contributed by atoms with Crippen molar-refractivity contribution < 1.29 is 4.74 Å². The van der Waals surface area contributed by atoms with E-state index < -0.39 is 0 Å². The molecule has 1 rings (SSSR count). The van der Waals surface area contributed by atoms with E-state index in [1.807, 2.05) is 0 Å². The standard InChI is InChI=1S/C14H24N2O/c1-5-14(10-15,11-17-4)16(3)13-9-7-6-8-12(13)2/h6-9H,5,10-11,15H2,1-4H3. The molecule has 17 heavy (non-hydrogen) atoms. The van der Waals surface area contributed by atoms with E-state index in [4.69, 9.17) is 10.5 Å². The zero-order valence-corrected chi connectivity index (χ0v) is 11.4. The number of nitrogens with two attached hydrogens (primary N) is 1. The molecule has 0 aliphatic heterocycles. The van der Waals surface area contributed by atoms with Crippen molar-refractivity contribution in [1.29, 1.82) is 0 Å². The molecule has 1 aromatic carbocycles. The Bertz CT molecular complexity index is 348. The van der Waals surface area contributed by atoms with Gasteiger partial charge < -0.3 is 15.4 Å². The molecule has 0 bridgehead atoms. The molecular weight excluding hydrogens is 212 g/mol. The maximum Gasteiger partial charge on any atom is 0.0750 e. The van der Waals surface area contributed by atoms with Crippen LogP contribution in [-0.4, -0.2) is 32.8 Å². The van der Waals surface area contributed by atoms with Gasteiger partial charge in [0.25, 0.3) is 0 Å². The Hall–Kier alpha value is -1.06. The van der Waals surface area contributed by atoms with Crippen LogP contribution in [0.5, 0.6) is 0 Å². The number of hydrogen-bond acceptors (Lipinski definition) is 3.